The number of cyclic esters (lactones) is 1. The van der Waals surface area contributed by atoms with E-state index in [0.717, 1.165) is 25.7 Å². The molecule has 0 spiro atoms. The van der Waals surface area contributed by atoms with E-state index in [0.29, 0.717) is 5.92 Å². The van der Waals surface area contributed by atoms with Gasteiger partial charge in [0.05, 0.1) is 12.0 Å². The van der Waals surface area contributed by atoms with Crippen LogP contribution < -0.4 is 0 Å². The SMILES string of the molecule is CCCCCCCCC[C@H]1C(=O)O[C@H](C2CCCCC2)O[C@@H]1C. The van der Waals surface area contributed by atoms with Gasteiger partial charge in [0.15, 0.2) is 0 Å². The molecule has 2 fully saturated rings. The number of hydrogen-bond donors (Lipinski definition) is 0. The molecular formula is C20H36O3. The third-order valence-corrected chi connectivity index (χ3v) is 5.60. The third kappa shape index (κ3) is 6.10. The maximum absolute atomic E-state index is 12.4. The van der Waals surface area contributed by atoms with Crippen molar-refractivity contribution in [3.63, 3.8) is 0 Å². The average molecular weight is 325 g/mol. The Hall–Kier alpha value is -0.570. The summed E-state index contributed by atoms with van der Waals surface area (Å²) >= 11 is 0. The average Bonchev–Trinajstić information content (AvgIpc) is 2.56. The van der Waals surface area contributed by atoms with Crippen LogP contribution in [0.25, 0.3) is 0 Å². The summed E-state index contributed by atoms with van der Waals surface area (Å²) in [4.78, 5) is 12.4. The fourth-order valence-corrected chi connectivity index (χ4v) is 4.02. The van der Waals surface area contributed by atoms with Crippen LogP contribution in [0.2, 0.25) is 0 Å². The summed E-state index contributed by atoms with van der Waals surface area (Å²) in [6, 6.07) is 0. The molecule has 1 saturated carbocycles. The van der Waals surface area contributed by atoms with Crippen LogP contribution in [-0.4, -0.2) is 18.4 Å². The first kappa shape index (κ1) is 18.8. The van der Waals surface area contributed by atoms with Gasteiger partial charge < -0.3 is 9.47 Å². The van der Waals surface area contributed by atoms with Gasteiger partial charge in [-0.2, -0.15) is 0 Å². The molecule has 0 amide bonds. The zero-order chi connectivity index (χ0) is 16.5. The van der Waals surface area contributed by atoms with E-state index in [4.69, 9.17) is 9.47 Å². The van der Waals surface area contributed by atoms with Crippen LogP contribution in [0.5, 0.6) is 0 Å². The third-order valence-electron chi connectivity index (χ3n) is 5.60. The molecule has 2 rings (SSSR count). The Kier molecular flexibility index (Phi) is 8.43. The number of hydrogen-bond acceptors (Lipinski definition) is 3. The first-order valence-electron chi connectivity index (χ1n) is 10.1. The number of carbonyl (C=O) groups excluding carboxylic acids is 1. The molecule has 0 unspecified atom stereocenters. The van der Waals surface area contributed by atoms with Gasteiger partial charge in [-0.1, -0.05) is 71.1 Å². The standard InChI is InChI=1S/C20H36O3/c1-3-4-5-6-7-8-12-15-18-16(2)22-20(23-19(18)21)17-13-10-9-11-14-17/h16-18,20H,3-15H2,1-2H3/t16-,18-,20-/m1/s1. The molecule has 0 N–H and O–H groups in total. The second-order valence-electron chi connectivity index (χ2n) is 7.56. The van der Waals surface area contributed by atoms with Gasteiger partial charge in [-0.05, 0) is 26.2 Å². The molecule has 3 heteroatoms. The van der Waals surface area contributed by atoms with Crippen molar-refractivity contribution in [3.8, 4) is 0 Å². The van der Waals surface area contributed by atoms with Gasteiger partial charge in [0, 0.05) is 5.92 Å². The van der Waals surface area contributed by atoms with E-state index in [1.165, 1.54) is 57.8 Å². The van der Waals surface area contributed by atoms with E-state index in [-0.39, 0.29) is 24.3 Å². The van der Waals surface area contributed by atoms with Crippen molar-refractivity contribution in [3.05, 3.63) is 0 Å². The van der Waals surface area contributed by atoms with Gasteiger partial charge in [-0.25, -0.2) is 0 Å². The lowest BCUT2D eigenvalue weighted by molar-refractivity contribution is -0.244. The topological polar surface area (TPSA) is 35.5 Å². The van der Waals surface area contributed by atoms with E-state index in [1.54, 1.807) is 0 Å². The maximum Gasteiger partial charge on any atom is 0.313 e. The van der Waals surface area contributed by atoms with E-state index >= 15 is 0 Å². The Balaban J connectivity index is 1.65. The number of rotatable bonds is 9. The van der Waals surface area contributed by atoms with Crippen molar-refractivity contribution >= 4 is 5.97 Å². The minimum atomic E-state index is -0.275. The number of ether oxygens (including phenoxy) is 2. The van der Waals surface area contributed by atoms with Gasteiger partial charge >= 0.3 is 5.97 Å². The van der Waals surface area contributed by atoms with Gasteiger partial charge in [-0.3, -0.25) is 4.79 Å². The van der Waals surface area contributed by atoms with Crippen LogP contribution in [0.3, 0.4) is 0 Å². The molecule has 0 aromatic rings. The molecule has 1 aliphatic carbocycles. The summed E-state index contributed by atoms with van der Waals surface area (Å²) < 4.78 is 11.7. The lowest BCUT2D eigenvalue weighted by Gasteiger charge is -2.38. The van der Waals surface area contributed by atoms with Crippen molar-refractivity contribution < 1.29 is 14.3 Å². The first-order valence-corrected chi connectivity index (χ1v) is 10.1. The Labute approximate surface area is 142 Å². The molecule has 134 valence electrons. The minimum Gasteiger partial charge on any atom is -0.435 e. The predicted molar refractivity (Wildman–Crippen MR) is 93.1 cm³/mol. The van der Waals surface area contributed by atoms with Crippen LogP contribution in [0.1, 0.15) is 97.3 Å². The Morgan fingerprint density at radius 2 is 1.61 bits per heavy atom. The quantitative estimate of drug-likeness (QED) is 0.408. The number of unbranched alkanes of at least 4 members (excludes halogenated alkanes) is 6. The molecule has 1 heterocycles. The summed E-state index contributed by atoms with van der Waals surface area (Å²) in [6.45, 7) is 4.30. The largest absolute Gasteiger partial charge is 0.435 e. The highest BCUT2D eigenvalue weighted by Crippen LogP contribution is 2.34. The van der Waals surface area contributed by atoms with Crippen molar-refractivity contribution in [2.24, 2.45) is 11.8 Å². The van der Waals surface area contributed by atoms with Gasteiger partial charge in [-0.15, -0.1) is 0 Å². The highest BCUT2D eigenvalue weighted by Gasteiger charge is 2.39. The summed E-state index contributed by atoms with van der Waals surface area (Å²) in [7, 11) is 0. The predicted octanol–water partition coefficient (Wildman–Crippen LogP) is 5.61. The smallest absolute Gasteiger partial charge is 0.313 e. The van der Waals surface area contributed by atoms with E-state index in [9.17, 15) is 4.79 Å². The first-order chi connectivity index (χ1) is 11.2. The zero-order valence-corrected chi connectivity index (χ0v) is 15.2. The monoisotopic (exact) mass is 324 g/mol. The highest BCUT2D eigenvalue weighted by atomic mass is 16.7. The molecule has 1 aliphatic heterocycles. The van der Waals surface area contributed by atoms with E-state index < -0.39 is 0 Å². The molecular weight excluding hydrogens is 288 g/mol. The maximum atomic E-state index is 12.4. The zero-order valence-electron chi connectivity index (χ0n) is 15.2. The van der Waals surface area contributed by atoms with Crippen LogP contribution in [0, 0.1) is 11.8 Å². The van der Waals surface area contributed by atoms with Crippen molar-refractivity contribution in [1.82, 2.24) is 0 Å². The molecule has 0 bridgehead atoms. The Morgan fingerprint density at radius 1 is 0.957 bits per heavy atom. The number of esters is 1. The second kappa shape index (κ2) is 10.3. The van der Waals surface area contributed by atoms with Crippen LogP contribution in [-0.2, 0) is 14.3 Å². The molecule has 0 radical (unpaired) electrons. The van der Waals surface area contributed by atoms with Crippen LogP contribution in [0.4, 0.5) is 0 Å². The molecule has 1 saturated heterocycles. The van der Waals surface area contributed by atoms with Gasteiger partial charge in [0.2, 0.25) is 6.29 Å². The van der Waals surface area contributed by atoms with E-state index in [1.807, 2.05) is 0 Å². The van der Waals surface area contributed by atoms with E-state index in [2.05, 4.69) is 13.8 Å². The molecule has 2 aliphatic rings. The van der Waals surface area contributed by atoms with Gasteiger partial charge in [0.1, 0.15) is 0 Å². The Bertz CT molecular complexity index is 336. The van der Waals surface area contributed by atoms with Crippen molar-refractivity contribution in [2.45, 2.75) is 110 Å². The highest BCUT2D eigenvalue weighted by molar-refractivity contribution is 5.73. The van der Waals surface area contributed by atoms with Crippen molar-refractivity contribution in [1.29, 1.82) is 0 Å². The Morgan fingerprint density at radius 3 is 2.26 bits per heavy atom. The second-order valence-corrected chi connectivity index (χ2v) is 7.56. The molecule has 3 atom stereocenters. The lowest BCUT2D eigenvalue weighted by atomic mass is 9.87. The number of carbonyl (C=O) groups is 1. The fraction of sp³-hybridized carbons (Fsp3) is 0.950. The molecule has 0 aromatic carbocycles. The molecule has 3 nitrogen and oxygen atoms in total. The fourth-order valence-electron chi connectivity index (χ4n) is 4.02. The molecule has 23 heavy (non-hydrogen) atoms. The molecule has 0 aromatic heterocycles. The minimum absolute atomic E-state index is 0.00898. The van der Waals surface area contributed by atoms with Gasteiger partial charge in [0.25, 0.3) is 0 Å². The normalized spacial score (nSPS) is 29.5. The summed E-state index contributed by atoms with van der Waals surface area (Å²) in [5.41, 5.74) is 0. The van der Waals surface area contributed by atoms with Crippen LogP contribution >= 0.6 is 0 Å². The van der Waals surface area contributed by atoms with Crippen LogP contribution in [0.15, 0.2) is 0 Å². The van der Waals surface area contributed by atoms with Crippen molar-refractivity contribution in [2.75, 3.05) is 0 Å². The summed E-state index contributed by atoms with van der Waals surface area (Å²) in [6.07, 6.45) is 15.7. The summed E-state index contributed by atoms with van der Waals surface area (Å²) in [5.74, 6) is 0.366. The lowest BCUT2D eigenvalue weighted by Crippen LogP contribution is -2.45. The summed E-state index contributed by atoms with van der Waals surface area (Å²) in [5, 5.41) is 0.